The summed E-state index contributed by atoms with van der Waals surface area (Å²) < 4.78 is 25.1. The lowest BCUT2D eigenvalue weighted by Gasteiger charge is -2.17. The Hall–Kier alpha value is -2.00. The van der Waals surface area contributed by atoms with E-state index < -0.39 is 10.0 Å². The lowest BCUT2D eigenvalue weighted by atomic mass is 10.1. The molecule has 0 radical (unpaired) electrons. The molecule has 0 bridgehead atoms. The number of aliphatic hydroxyl groups excluding tert-OH is 1. The van der Waals surface area contributed by atoms with Crippen LogP contribution in [0.4, 0.5) is 0 Å². The summed E-state index contributed by atoms with van der Waals surface area (Å²) >= 11 is 0. The molecular weight excluding hydrogens is 216 g/mol. The van der Waals surface area contributed by atoms with Crippen LogP contribution in [0.2, 0.25) is 0 Å². The van der Waals surface area contributed by atoms with Gasteiger partial charge in [0.1, 0.15) is 6.07 Å². The molecule has 1 aromatic carbocycles. The van der Waals surface area contributed by atoms with Crippen molar-refractivity contribution in [3.8, 4) is 6.07 Å². The molecule has 0 aliphatic carbocycles. The van der Waals surface area contributed by atoms with E-state index >= 15 is 0 Å². The minimum Gasteiger partial charge on any atom is -0.504 e. The van der Waals surface area contributed by atoms with E-state index in [1.54, 1.807) is 18.2 Å². The molecule has 15 heavy (non-hydrogen) atoms. The molecule has 0 unspecified atom stereocenters. The molecule has 0 spiro atoms. The Morgan fingerprint density at radius 1 is 1.33 bits per heavy atom. The Balaban J connectivity index is 2.83. The van der Waals surface area contributed by atoms with Crippen molar-refractivity contribution in [1.82, 2.24) is 4.72 Å². The molecule has 76 valence electrons. The Morgan fingerprint density at radius 2 is 2.00 bits per heavy atom. The molecule has 6 heteroatoms. The van der Waals surface area contributed by atoms with Crippen molar-refractivity contribution < 1.29 is 13.5 Å². The van der Waals surface area contributed by atoms with Gasteiger partial charge in [-0.25, -0.2) is 8.42 Å². The largest absolute Gasteiger partial charge is 0.504 e. The first kappa shape index (κ1) is 9.55. The Bertz CT molecular complexity index is 596. The second-order valence-corrected chi connectivity index (χ2v) is 4.59. The highest BCUT2D eigenvalue weighted by Gasteiger charge is 2.28. The number of nitriles is 1. The Morgan fingerprint density at radius 3 is 2.67 bits per heavy atom. The molecular formula is C9H6N2O3S. The number of nitrogens with zero attached hydrogens (tertiary/aromatic N) is 1. The summed E-state index contributed by atoms with van der Waals surface area (Å²) in [5.74, 6) is -0.345. The molecule has 0 aromatic heterocycles. The van der Waals surface area contributed by atoms with Gasteiger partial charge in [0.15, 0.2) is 11.5 Å². The minimum absolute atomic E-state index is 0.0264. The molecule has 0 fully saturated rings. The SMILES string of the molecule is N#CC1=C(O)c2ccccc2S(=O)(=O)N1. The molecule has 2 N–H and O–H groups in total. The zero-order valence-electron chi connectivity index (χ0n) is 7.43. The number of benzene rings is 1. The van der Waals surface area contributed by atoms with Crippen molar-refractivity contribution in [3.63, 3.8) is 0 Å². The van der Waals surface area contributed by atoms with Crippen LogP contribution in [0, 0.1) is 11.3 Å². The monoisotopic (exact) mass is 222 g/mol. The summed E-state index contributed by atoms with van der Waals surface area (Å²) in [6.45, 7) is 0. The fraction of sp³-hybridized carbons (Fsp3) is 0. The molecule has 0 amide bonds. The van der Waals surface area contributed by atoms with Gasteiger partial charge in [0.05, 0.1) is 4.90 Å². The van der Waals surface area contributed by atoms with Crippen LogP contribution in [0.15, 0.2) is 34.9 Å². The Labute approximate surface area is 86.3 Å². The molecule has 1 aliphatic rings. The highest BCUT2D eigenvalue weighted by Crippen LogP contribution is 2.27. The van der Waals surface area contributed by atoms with Gasteiger partial charge in [0, 0.05) is 5.56 Å². The summed E-state index contributed by atoms with van der Waals surface area (Å²) in [4.78, 5) is -0.0264. The topological polar surface area (TPSA) is 90.2 Å². The van der Waals surface area contributed by atoms with E-state index in [4.69, 9.17) is 5.26 Å². The standard InChI is InChI=1S/C9H6N2O3S/c10-5-7-9(12)6-3-1-2-4-8(6)15(13,14)11-7/h1-4,11-12H. The molecule has 1 heterocycles. The number of aliphatic hydroxyl groups is 1. The van der Waals surface area contributed by atoms with Crippen LogP contribution in [0.5, 0.6) is 0 Å². The fourth-order valence-corrected chi connectivity index (χ4v) is 2.58. The van der Waals surface area contributed by atoms with Gasteiger partial charge in [-0.3, -0.25) is 4.72 Å². The first-order chi connectivity index (χ1) is 7.06. The van der Waals surface area contributed by atoms with Gasteiger partial charge in [-0.1, -0.05) is 12.1 Å². The lowest BCUT2D eigenvalue weighted by Crippen LogP contribution is -2.28. The van der Waals surface area contributed by atoms with Crippen LogP contribution in [0.25, 0.3) is 5.76 Å². The van der Waals surface area contributed by atoms with Crippen LogP contribution in [-0.4, -0.2) is 13.5 Å². The van der Waals surface area contributed by atoms with Crippen LogP contribution in [-0.2, 0) is 10.0 Å². The quantitative estimate of drug-likeness (QED) is 0.677. The lowest BCUT2D eigenvalue weighted by molar-refractivity contribution is 0.499. The van der Waals surface area contributed by atoms with Crippen molar-refractivity contribution in [1.29, 1.82) is 5.26 Å². The van der Waals surface area contributed by atoms with Gasteiger partial charge in [-0.15, -0.1) is 0 Å². The number of sulfonamides is 1. The predicted molar refractivity (Wildman–Crippen MR) is 51.9 cm³/mol. The van der Waals surface area contributed by atoms with E-state index in [0.717, 1.165) is 0 Å². The smallest absolute Gasteiger partial charge is 0.263 e. The second kappa shape index (κ2) is 3.00. The second-order valence-electron chi connectivity index (χ2n) is 2.94. The summed E-state index contributed by atoms with van der Waals surface area (Å²) in [6, 6.07) is 7.53. The van der Waals surface area contributed by atoms with E-state index in [-0.39, 0.29) is 21.9 Å². The van der Waals surface area contributed by atoms with Crippen LogP contribution < -0.4 is 4.72 Å². The summed E-state index contributed by atoms with van der Waals surface area (Å²) in [6.07, 6.45) is 0. The molecule has 0 atom stereocenters. The van der Waals surface area contributed by atoms with Gasteiger partial charge in [-0.2, -0.15) is 5.26 Å². The number of rotatable bonds is 0. The van der Waals surface area contributed by atoms with Gasteiger partial charge in [0.2, 0.25) is 0 Å². The third-order valence-electron chi connectivity index (χ3n) is 2.02. The van der Waals surface area contributed by atoms with Crippen molar-refractivity contribution in [2.24, 2.45) is 0 Å². The van der Waals surface area contributed by atoms with E-state index in [0.29, 0.717) is 0 Å². The third-order valence-corrected chi connectivity index (χ3v) is 3.42. The van der Waals surface area contributed by atoms with Gasteiger partial charge >= 0.3 is 0 Å². The first-order valence-electron chi connectivity index (χ1n) is 4.02. The van der Waals surface area contributed by atoms with Crippen LogP contribution in [0.3, 0.4) is 0 Å². The van der Waals surface area contributed by atoms with Crippen molar-refractivity contribution >= 4 is 15.8 Å². The molecule has 0 saturated heterocycles. The highest BCUT2D eigenvalue weighted by atomic mass is 32.2. The first-order valence-corrected chi connectivity index (χ1v) is 5.50. The third kappa shape index (κ3) is 1.33. The maximum Gasteiger partial charge on any atom is 0.263 e. The van der Waals surface area contributed by atoms with E-state index in [2.05, 4.69) is 0 Å². The number of allylic oxidation sites excluding steroid dienone is 1. The van der Waals surface area contributed by atoms with Crippen molar-refractivity contribution in [2.45, 2.75) is 4.90 Å². The maximum atomic E-state index is 11.6. The molecule has 5 nitrogen and oxygen atoms in total. The Kier molecular flexibility index (Phi) is 1.91. The molecule has 1 aromatic rings. The number of hydrogen-bond acceptors (Lipinski definition) is 4. The molecule has 0 saturated carbocycles. The maximum absolute atomic E-state index is 11.6. The van der Waals surface area contributed by atoms with Gasteiger partial charge in [0.25, 0.3) is 10.0 Å². The van der Waals surface area contributed by atoms with E-state index in [1.807, 2.05) is 4.72 Å². The van der Waals surface area contributed by atoms with Gasteiger partial charge in [-0.05, 0) is 12.1 Å². The number of fused-ring (bicyclic) bond motifs is 1. The zero-order valence-corrected chi connectivity index (χ0v) is 8.25. The minimum atomic E-state index is -3.73. The molecule has 1 aliphatic heterocycles. The van der Waals surface area contributed by atoms with Crippen LogP contribution in [0.1, 0.15) is 5.56 Å². The molecule has 2 rings (SSSR count). The zero-order chi connectivity index (χ0) is 11.1. The average molecular weight is 222 g/mol. The number of hydrogen-bond donors (Lipinski definition) is 2. The van der Waals surface area contributed by atoms with E-state index in [9.17, 15) is 13.5 Å². The predicted octanol–water partition coefficient (Wildman–Crippen LogP) is 0.729. The van der Waals surface area contributed by atoms with E-state index in [1.165, 1.54) is 12.1 Å². The number of nitrogens with one attached hydrogen (secondary N) is 1. The van der Waals surface area contributed by atoms with Crippen molar-refractivity contribution in [2.75, 3.05) is 0 Å². The summed E-state index contributed by atoms with van der Waals surface area (Å²) in [7, 11) is -3.73. The van der Waals surface area contributed by atoms with Crippen molar-refractivity contribution in [3.05, 3.63) is 35.5 Å². The highest BCUT2D eigenvalue weighted by molar-refractivity contribution is 7.89. The summed E-state index contributed by atoms with van der Waals surface area (Å²) in [5, 5.41) is 18.2. The van der Waals surface area contributed by atoms with Crippen LogP contribution >= 0.6 is 0 Å². The summed E-state index contributed by atoms with van der Waals surface area (Å²) in [5.41, 5.74) is -0.207. The fourth-order valence-electron chi connectivity index (χ4n) is 1.34. The normalized spacial score (nSPS) is 17.5. The average Bonchev–Trinajstić information content (AvgIpc) is 2.24. The van der Waals surface area contributed by atoms with Gasteiger partial charge < -0.3 is 5.11 Å².